The second kappa shape index (κ2) is 7.76. The second-order valence-corrected chi connectivity index (χ2v) is 9.55. The minimum absolute atomic E-state index is 0.0743. The summed E-state index contributed by atoms with van der Waals surface area (Å²) in [5, 5.41) is 12.2. The molecule has 0 N–H and O–H groups in total. The molecule has 28 heavy (non-hydrogen) atoms. The first-order valence-corrected chi connectivity index (χ1v) is 11.3. The molecule has 0 atom stereocenters. The van der Waals surface area contributed by atoms with Gasteiger partial charge in [0, 0.05) is 26.2 Å². The first kappa shape index (κ1) is 19.3. The minimum atomic E-state index is -3.77. The summed E-state index contributed by atoms with van der Waals surface area (Å²) in [7, 11) is -3.77. The summed E-state index contributed by atoms with van der Waals surface area (Å²) in [6.45, 7) is 0.938. The molecule has 2 aliphatic rings. The van der Waals surface area contributed by atoms with Crippen LogP contribution in [-0.4, -0.2) is 75.7 Å². The van der Waals surface area contributed by atoms with Crippen molar-refractivity contribution in [3.05, 3.63) is 30.1 Å². The number of aromatic nitrogens is 4. The number of benzene rings is 1. The van der Waals surface area contributed by atoms with Crippen LogP contribution < -0.4 is 0 Å². The van der Waals surface area contributed by atoms with Crippen molar-refractivity contribution in [2.24, 2.45) is 0 Å². The molecule has 2 heterocycles. The highest BCUT2D eigenvalue weighted by atomic mass is 32.2. The van der Waals surface area contributed by atoms with E-state index in [-0.39, 0.29) is 29.6 Å². The van der Waals surface area contributed by atoms with Crippen LogP contribution in [0.5, 0.6) is 0 Å². The first-order valence-electron chi connectivity index (χ1n) is 8.89. The Hall–Kier alpha value is -2.05. The molecular formula is C16H19FN6O3S2. The van der Waals surface area contributed by atoms with Crippen LogP contribution in [0, 0.1) is 5.82 Å². The zero-order chi connectivity index (χ0) is 19.7. The van der Waals surface area contributed by atoms with Gasteiger partial charge in [0.05, 0.1) is 16.7 Å². The fourth-order valence-corrected chi connectivity index (χ4v) is 5.30. The summed E-state index contributed by atoms with van der Waals surface area (Å²) in [5.74, 6) is -0.484. The van der Waals surface area contributed by atoms with Crippen molar-refractivity contribution >= 4 is 27.7 Å². The van der Waals surface area contributed by atoms with Crippen LogP contribution in [0.25, 0.3) is 0 Å². The van der Waals surface area contributed by atoms with Crippen molar-refractivity contribution in [3.8, 4) is 0 Å². The fourth-order valence-electron chi connectivity index (χ4n) is 3.00. The Labute approximate surface area is 165 Å². The van der Waals surface area contributed by atoms with Gasteiger partial charge in [0.25, 0.3) is 0 Å². The van der Waals surface area contributed by atoms with Crippen molar-refractivity contribution in [2.75, 3.05) is 31.9 Å². The van der Waals surface area contributed by atoms with Gasteiger partial charge in [-0.25, -0.2) is 17.5 Å². The lowest BCUT2D eigenvalue weighted by molar-refractivity contribution is -0.129. The van der Waals surface area contributed by atoms with E-state index >= 15 is 0 Å². The average Bonchev–Trinajstić information content (AvgIpc) is 3.44. The van der Waals surface area contributed by atoms with Crippen molar-refractivity contribution < 1.29 is 17.6 Å². The number of rotatable bonds is 6. The Morgan fingerprint density at radius 1 is 1.21 bits per heavy atom. The molecule has 0 bridgehead atoms. The molecule has 1 saturated carbocycles. The van der Waals surface area contributed by atoms with E-state index in [2.05, 4.69) is 15.5 Å². The van der Waals surface area contributed by atoms with Gasteiger partial charge in [0.2, 0.25) is 21.1 Å². The van der Waals surface area contributed by atoms with Crippen LogP contribution in [0.4, 0.5) is 4.39 Å². The Morgan fingerprint density at radius 3 is 2.64 bits per heavy atom. The molecule has 1 aromatic heterocycles. The number of amides is 1. The van der Waals surface area contributed by atoms with Crippen LogP contribution in [0.15, 0.2) is 34.3 Å². The second-order valence-electron chi connectivity index (χ2n) is 6.67. The van der Waals surface area contributed by atoms with Crippen LogP contribution in [0.1, 0.15) is 18.9 Å². The molecule has 0 radical (unpaired) electrons. The maximum atomic E-state index is 13.4. The SMILES string of the molecule is O=C(CSc1nnnn1C1CC1)N1CCN(S(=O)(=O)c2cccc(F)c2)CC1. The Balaban J connectivity index is 1.32. The molecular weight excluding hydrogens is 407 g/mol. The molecule has 2 aromatic rings. The highest BCUT2D eigenvalue weighted by Gasteiger charge is 2.31. The fraction of sp³-hybridized carbons (Fsp3) is 0.500. The lowest BCUT2D eigenvalue weighted by Crippen LogP contribution is -2.51. The van der Waals surface area contributed by atoms with E-state index in [4.69, 9.17) is 0 Å². The van der Waals surface area contributed by atoms with E-state index < -0.39 is 15.8 Å². The number of carbonyl (C=O) groups excluding carboxylic acids is 1. The minimum Gasteiger partial charge on any atom is -0.339 e. The molecule has 1 amide bonds. The number of hydrogen-bond donors (Lipinski definition) is 0. The van der Waals surface area contributed by atoms with Gasteiger partial charge < -0.3 is 4.90 Å². The number of tetrazole rings is 1. The number of halogens is 1. The van der Waals surface area contributed by atoms with Gasteiger partial charge in [-0.2, -0.15) is 4.31 Å². The van der Waals surface area contributed by atoms with Crippen molar-refractivity contribution in [3.63, 3.8) is 0 Å². The third kappa shape index (κ3) is 4.03. The number of nitrogens with zero attached hydrogens (tertiary/aromatic N) is 6. The molecule has 1 saturated heterocycles. The molecule has 9 nitrogen and oxygen atoms in total. The molecule has 12 heteroatoms. The number of thioether (sulfide) groups is 1. The van der Waals surface area contributed by atoms with Crippen LogP contribution in [0.2, 0.25) is 0 Å². The van der Waals surface area contributed by atoms with E-state index in [1.807, 2.05) is 0 Å². The highest BCUT2D eigenvalue weighted by molar-refractivity contribution is 7.99. The molecule has 150 valence electrons. The Bertz CT molecular complexity index is 970. The number of hydrogen-bond acceptors (Lipinski definition) is 7. The smallest absolute Gasteiger partial charge is 0.243 e. The molecule has 2 fully saturated rings. The van der Waals surface area contributed by atoms with E-state index in [0.717, 1.165) is 18.9 Å². The van der Waals surface area contributed by atoms with Gasteiger partial charge >= 0.3 is 0 Å². The van der Waals surface area contributed by atoms with Gasteiger partial charge in [-0.3, -0.25) is 4.79 Å². The monoisotopic (exact) mass is 426 g/mol. The van der Waals surface area contributed by atoms with Crippen molar-refractivity contribution in [1.82, 2.24) is 29.4 Å². The van der Waals surface area contributed by atoms with Crippen LogP contribution in [-0.2, 0) is 14.8 Å². The summed E-state index contributed by atoms with van der Waals surface area (Å²) < 4.78 is 41.7. The molecule has 1 aromatic carbocycles. The lowest BCUT2D eigenvalue weighted by Gasteiger charge is -2.34. The topological polar surface area (TPSA) is 101 Å². The quantitative estimate of drug-likeness (QED) is 0.629. The van der Waals surface area contributed by atoms with Gasteiger partial charge in [-0.05, 0) is 41.5 Å². The molecule has 1 aliphatic heterocycles. The first-order chi connectivity index (χ1) is 13.4. The molecule has 0 unspecified atom stereocenters. The van der Waals surface area contributed by atoms with Crippen molar-refractivity contribution in [2.45, 2.75) is 28.9 Å². The summed E-state index contributed by atoms with van der Waals surface area (Å²) in [4.78, 5) is 14.0. The predicted molar refractivity (Wildman–Crippen MR) is 98.6 cm³/mol. The summed E-state index contributed by atoms with van der Waals surface area (Å²) in [6, 6.07) is 5.29. The third-order valence-corrected chi connectivity index (χ3v) is 7.52. The van der Waals surface area contributed by atoms with E-state index in [1.165, 1.54) is 34.3 Å². The lowest BCUT2D eigenvalue weighted by atomic mass is 10.3. The maximum absolute atomic E-state index is 13.4. The summed E-state index contributed by atoms with van der Waals surface area (Å²) >= 11 is 1.29. The number of piperazine rings is 1. The Kier molecular flexibility index (Phi) is 5.34. The van der Waals surface area contributed by atoms with Gasteiger partial charge in [0.1, 0.15) is 5.82 Å². The number of carbonyl (C=O) groups is 1. The number of sulfonamides is 1. The van der Waals surface area contributed by atoms with Gasteiger partial charge in [0.15, 0.2) is 0 Å². The zero-order valence-electron chi connectivity index (χ0n) is 14.9. The van der Waals surface area contributed by atoms with Crippen LogP contribution >= 0.6 is 11.8 Å². The molecule has 0 spiro atoms. The zero-order valence-corrected chi connectivity index (χ0v) is 16.6. The largest absolute Gasteiger partial charge is 0.339 e. The Morgan fingerprint density at radius 2 is 1.96 bits per heavy atom. The van der Waals surface area contributed by atoms with Crippen LogP contribution in [0.3, 0.4) is 0 Å². The maximum Gasteiger partial charge on any atom is 0.243 e. The standard InChI is InChI=1S/C16H19FN6O3S2/c17-12-2-1-3-14(10-12)28(25,26)22-8-6-21(7-9-22)15(24)11-27-16-18-19-20-23(16)13-4-5-13/h1-3,10,13H,4-9,11H2. The van der Waals surface area contributed by atoms with E-state index in [1.54, 1.807) is 9.58 Å². The third-order valence-electron chi connectivity index (χ3n) is 4.71. The summed E-state index contributed by atoms with van der Waals surface area (Å²) in [5.41, 5.74) is 0. The van der Waals surface area contributed by atoms with E-state index in [9.17, 15) is 17.6 Å². The molecule has 4 rings (SSSR count). The van der Waals surface area contributed by atoms with E-state index in [0.29, 0.717) is 24.3 Å². The predicted octanol–water partition coefficient (Wildman–Crippen LogP) is 0.772. The summed E-state index contributed by atoms with van der Waals surface area (Å²) in [6.07, 6.45) is 2.10. The highest BCUT2D eigenvalue weighted by Crippen LogP contribution is 2.36. The van der Waals surface area contributed by atoms with Gasteiger partial charge in [-0.1, -0.05) is 17.8 Å². The normalized spacial score (nSPS) is 18.4. The van der Waals surface area contributed by atoms with Crippen molar-refractivity contribution in [1.29, 1.82) is 0 Å². The van der Waals surface area contributed by atoms with Gasteiger partial charge in [-0.15, -0.1) is 5.10 Å². The average molecular weight is 426 g/mol. The molecule has 1 aliphatic carbocycles.